The Hall–Kier alpha value is -5.24. The Morgan fingerprint density at radius 1 is 0.744 bits per heavy atom. The van der Waals surface area contributed by atoms with Gasteiger partial charge in [-0.25, -0.2) is 4.79 Å². The van der Waals surface area contributed by atoms with Gasteiger partial charge >= 0.3 is 5.97 Å². The van der Waals surface area contributed by atoms with E-state index in [0.717, 1.165) is 16.5 Å². The molecule has 0 radical (unpaired) electrons. The standard InChI is InChI=1S/C29H35N7O7/c30-19(12-16-6-2-1-3-7-16)26(39)35-23(14-25(32)38)28(41)36-22(13-17-15-33-20-9-5-4-8-18(17)20)27(40)34-21(29(42)43)10-11-24(31)37/h1-9,15,19,21-23,33H,10-14,30H2,(H2,31,37)(H2,32,38)(H,34,40)(H,35,39)(H,36,41)(H,42,43). The first-order chi connectivity index (χ1) is 20.4. The number of hydrogen-bond acceptors (Lipinski definition) is 7. The second-order valence-corrected chi connectivity index (χ2v) is 10.1. The number of rotatable bonds is 16. The molecular formula is C29H35N7O7. The van der Waals surface area contributed by atoms with Crippen LogP contribution in [0.15, 0.2) is 60.8 Å². The highest BCUT2D eigenvalue weighted by Gasteiger charge is 2.32. The molecule has 11 N–H and O–H groups in total. The number of hydrogen-bond donors (Lipinski definition) is 8. The Labute approximate surface area is 246 Å². The number of H-pyrrole nitrogens is 1. The summed E-state index contributed by atoms with van der Waals surface area (Å²) >= 11 is 0. The van der Waals surface area contributed by atoms with E-state index in [1.807, 2.05) is 18.2 Å². The molecule has 14 nitrogen and oxygen atoms in total. The second kappa shape index (κ2) is 15.1. The molecule has 0 aliphatic carbocycles. The zero-order valence-corrected chi connectivity index (χ0v) is 23.2. The number of carboxylic acids is 1. The van der Waals surface area contributed by atoms with Gasteiger partial charge in [-0.2, -0.15) is 0 Å². The van der Waals surface area contributed by atoms with Crippen LogP contribution in [0.25, 0.3) is 10.9 Å². The van der Waals surface area contributed by atoms with Crippen molar-refractivity contribution in [2.75, 3.05) is 0 Å². The predicted molar refractivity (Wildman–Crippen MR) is 156 cm³/mol. The summed E-state index contributed by atoms with van der Waals surface area (Å²) in [6.45, 7) is 0. The summed E-state index contributed by atoms with van der Waals surface area (Å²) in [6, 6.07) is 10.8. The van der Waals surface area contributed by atoms with Gasteiger partial charge in [-0.15, -0.1) is 0 Å². The lowest BCUT2D eigenvalue weighted by molar-refractivity contribution is -0.142. The first-order valence-electron chi connectivity index (χ1n) is 13.5. The van der Waals surface area contributed by atoms with Crippen LogP contribution in [0, 0.1) is 0 Å². The minimum Gasteiger partial charge on any atom is -0.480 e. The van der Waals surface area contributed by atoms with E-state index in [1.165, 1.54) is 0 Å². The fourth-order valence-corrected chi connectivity index (χ4v) is 4.47. The smallest absolute Gasteiger partial charge is 0.326 e. The van der Waals surface area contributed by atoms with Crippen LogP contribution in [0.1, 0.15) is 30.4 Å². The number of carbonyl (C=O) groups is 6. The summed E-state index contributed by atoms with van der Waals surface area (Å²) in [5.74, 6) is -5.56. The van der Waals surface area contributed by atoms with Crippen molar-refractivity contribution in [2.45, 2.75) is 56.3 Å². The lowest BCUT2D eigenvalue weighted by Gasteiger charge is -2.25. The molecule has 2 aromatic carbocycles. The molecule has 0 bridgehead atoms. The van der Waals surface area contributed by atoms with E-state index in [9.17, 15) is 33.9 Å². The Morgan fingerprint density at radius 2 is 1.35 bits per heavy atom. The molecule has 1 heterocycles. The van der Waals surface area contributed by atoms with E-state index >= 15 is 0 Å². The van der Waals surface area contributed by atoms with Crippen LogP contribution in [-0.2, 0) is 41.6 Å². The van der Waals surface area contributed by atoms with E-state index in [-0.39, 0.29) is 25.7 Å². The highest BCUT2D eigenvalue weighted by molar-refractivity contribution is 5.96. The molecule has 0 spiro atoms. The van der Waals surface area contributed by atoms with Gasteiger partial charge in [-0.1, -0.05) is 48.5 Å². The first kappa shape index (κ1) is 32.3. The molecule has 14 heteroatoms. The maximum Gasteiger partial charge on any atom is 0.326 e. The van der Waals surface area contributed by atoms with Crippen LogP contribution in [0.2, 0.25) is 0 Å². The second-order valence-electron chi connectivity index (χ2n) is 10.1. The van der Waals surface area contributed by atoms with Crippen LogP contribution in [0.3, 0.4) is 0 Å². The number of para-hydroxylation sites is 1. The number of carboxylic acid groups (broad SMARTS) is 1. The Morgan fingerprint density at radius 3 is 2.00 bits per heavy atom. The number of aliphatic carboxylic acids is 1. The number of benzene rings is 2. The minimum absolute atomic E-state index is 0.0888. The molecular weight excluding hydrogens is 558 g/mol. The van der Waals surface area contributed by atoms with E-state index in [4.69, 9.17) is 17.2 Å². The average molecular weight is 594 g/mol. The molecule has 1 aromatic heterocycles. The Kier molecular flexibility index (Phi) is 11.3. The number of nitrogens with two attached hydrogens (primary N) is 3. The van der Waals surface area contributed by atoms with Gasteiger partial charge in [0.05, 0.1) is 12.5 Å². The third kappa shape index (κ3) is 9.67. The number of amides is 5. The van der Waals surface area contributed by atoms with Crippen LogP contribution in [0.5, 0.6) is 0 Å². The molecule has 0 saturated heterocycles. The normalized spacial score (nSPS) is 13.7. The molecule has 5 amide bonds. The maximum atomic E-state index is 13.4. The lowest BCUT2D eigenvalue weighted by Crippen LogP contribution is -2.58. The third-order valence-corrected chi connectivity index (χ3v) is 6.70. The number of primary amides is 2. The van der Waals surface area contributed by atoms with E-state index in [2.05, 4.69) is 20.9 Å². The van der Waals surface area contributed by atoms with Gasteiger partial charge in [0.2, 0.25) is 29.5 Å². The zero-order valence-electron chi connectivity index (χ0n) is 23.2. The lowest BCUT2D eigenvalue weighted by atomic mass is 10.0. The highest BCUT2D eigenvalue weighted by atomic mass is 16.4. The van der Waals surface area contributed by atoms with Crippen molar-refractivity contribution in [1.29, 1.82) is 0 Å². The number of fused-ring (bicyclic) bond motifs is 1. The fraction of sp³-hybridized carbons (Fsp3) is 0.310. The highest BCUT2D eigenvalue weighted by Crippen LogP contribution is 2.19. The number of carbonyl (C=O) groups excluding carboxylic acids is 5. The predicted octanol–water partition coefficient (Wildman–Crippen LogP) is -1.04. The largest absolute Gasteiger partial charge is 0.480 e. The van der Waals surface area contributed by atoms with Gasteiger partial charge in [0.1, 0.15) is 18.1 Å². The van der Waals surface area contributed by atoms with Crippen molar-refractivity contribution < 1.29 is 33.9 Å². The van der Waals surface area contributed by atoms with Gasteiger partial charge in [-0.05, 0) is 30.0 Å². The molecule has 0 fully saturated rings. The van der Waals surface area contributed by atoms with Crippen LogP contribution in [-0.4, -0.2) is 69.8 Å². The van der Waals surface area contributed by atoms with Gasteiger partial charge in [0.15, 0.2) is 0 Å². The van der Waals surface area contributed by atoms with Gasteiger partial charge in [-0.3, -0.25) is 24.0 Å². The third-order valence-electron chi connectivity index (χ3n) is 6.70. The summed E-state index contributed by atoms with van der Waals surface area (Å²) in [6.07, 6.45) is 0.549. The van der Waals surface area contributed by atoms with Crippen molar-refractivity contribution in [1.82, 2.24) is 20.9 Å². The number of aromatic nitrogens is 1. The number of aromatic amines is 1. The van der Waals surface area contributed by atoms with Crippen molar-refractivity contribution >= 4 is 46.4 Å². The molecule has 4 unspecified atom stereocenters. The van der Waals surface area contributed by atoms with Crippen molar-refractivity contribution in [2.24, 2.45) is 17.2 Å². The maximum absolute atomic E-state index is 13.4. The molecule has 43 heavy (non-hydrogen) atoms. The van der Waals surface area contributed by atoms with Gasteiger partial charge in [0, 0.05) is 29.9 Å². The molecule has 3 aromatic rings. The van der Waals surface area contributed by atoms with Gasteiger partial charge in [0.25, 0.3) is 0 Å². The Bertz CT molecular complexity index is 1470. The van der Waals surface area contributed by atoms with Crippen LogP contribution in [0.4, 0.5) is 0 Å². The Balaban J connectivity index is 1.82. The van der Waals surface area contributed by atoms with Crippen LogP contribution < -0.4 is 33.2 Å². The summed E-state index contributed by atoms with van der Waals surface area (Å²) in [5.41, 5.74) is 18.7. The van der Waals surface area contributed by atoms with E-state index < -0.39 is 66.1 Å². The fourth-order valence-electron chi connectivity index (χ4n) is 4.47. The summed E-state index contributed by atoms with van der Waals surface area (Å²) in [4.78, 5) is 77.4. The molecule has 0 aliphatic rings. The molecule has 228 valence electrons. The first-order valence-corrected chi connectivity index (χ1v) is 13.5. The molecule has 3 rings (SSSR count). The quantitative estimate of drug-likeness (QED) is 0.102. The van der Waals surface area contributed by atoms with E-state index in [1.54, 1.807) is 42.6 Å². The molecule has 4 atom stereocenters. The average Bonchev–Trinajstić information content (AvgIpc) is 3.37. The zero-order chi connectivity index (χ0) is 31.5. The monoisotopic (exact) mass is 593 g/mol. The topological polar surface area (TPSA) is 253 Å². The van der Waals surface area contributed by atoms with Gasteiger partial charge < -0.3 is 43.2 Å². The summed E-state index contributed by atoms with van der Waals surface area (Å²) in [5, 5.41) is 17.6. The summed E-state index contributed by atoms with van der Waals surface area (Å²) < 4.78 is 0. The number of nitrogens with one attached hydrogen (secondary N) is 4. The molecule has 0 aliphatic heterocycles. The SMILES string of the molecule is NC(=O)CCC(NC(=O)C(Cc1c[nH]c2ccccc12)NC(=O)C(CC(N)=O)NC(=O)C(N)Cc1ccccc1)C(=O)O. The summed E-state index contributed by atoms with van der Waals surface area (Å²) in [7, 11) is 0. The molecule has 0 saturated carbocycles. The van der Waals surface area contributed by atoms with Crippen LogP contribution >= 0.6 is 0 Å². The van der Waals surface area contributed by atoms with Crippen molar-refractivity contribution in [3.8, 4) is 0 Å². The minimum atomic E-state index is -1.48. The van der Waals surface area contributed by atoms with Crippen molar-refractivity contribution in [3.63, 3.8) is 0 Å². The van der Waals surface area contributed by atoms with Crippen molar-refractivity contribution in [3.05, 3.63) is 71.9 Å². The van der Waals surface area contributed by atoms with E-state index in [0.29, 0.717) is 5.56 Å².